The van der Waals surface area contributed by atoms with Crippen LogP contribution in [0.5, 0.6) is 0 Å². The molecule has 0 spiro atoms. The molecule has 1 atom stereocenters. The molecule has 0 fully saturated rings. The molecule has 0 saturated heterocycles. The van der Waals surface area contributed by atoms with Crippen LogP contribution in [0.1, 0.15) is 38.5 Å². The van der Waals surface area contributed by atoms with Crippen LogP contribution in [-0.2, 0) is 27.5 Å². The number of rotatable bonds is 18. The van der Waals surface area contributed by atoms with Crippen molar-refractivity contribution in [3.05, 3.63) is 45.3 Å². The van der Waals surface area contributed by atoms with Gasteiger partial charge in [0, 0.05) is 39.0 Å². The monoisotopic (exact) mass is 536 g/mol. The number of aryl methyl sites for hydroxylation is 2. The van der Waals surface area contributed by atoms with E-state index in [1.54, 1.807) is 0 Å². The number of imidazole rings is 2. The average Bonchev–Trinajstić information content (AvgIpc) is 3.55. The minimum Gasteiger partial charge on any atom is -0.358 e. The van der Waals surface area contributed by atoms with Crippen molar-refractivity contribution in [2.45, 2.75) is 57.7 Å². The van der Waals surface area contributed by atoms with E-state index in [4.69, 9.17) is 5.73 Å². The number of carbonyl (C=O) groups is 3. The van der Waals surface area contributed by atoms with Crippen LogP contribution in [0.3, 0.4) is 0 Å². The SMILES string of the molecule is NCCCNC(=O)[C@H](CCCCNC(=O)CCn1cnc([N+](=O)[O-])c1)NC(=O)CCn1cnc([N+](=O)[O-])c1. The fourth-order valence-corrected chi connectivity index (χ4v) is 3.35. The molecule has 0 aromatic carbocycles. The molecule has 17 nitrogen and oxygen atoms in total. The predicted molar refractivity (Wildman–Crippen MR) is 132 cm³/mol. The van der Waals surface area contributed by atoms with E-state index < -0.39 is 21.8 Å². The summed E-state index contributed by atoms with van der Waals surface area (Å²) < 4.78 is 2.88. The number of nitrogens with two attached hydrogens (primary N) is 1. The molecule has 2 rings (SSSR count). The molecular weight excluding hydrogens is 504 g/mol. The van der Waals surface area contributed by atoms with Gasteiger partial charge in [-0.1, -0.05) is 0 Å². The summed E-state index contributed by atoms with van der Waals surface area (Å²) in [6.45, 7) is 1.54. The Morgan fingerprint density at radius 2 is 1.42 bits per heavy atom. The van der Waals surface area contributed by atoms with Crippen LogP contribution in [0.4, 0.5) is 11.6 Å². The maximum absolute atomic E-state index is 12.6. The summed E-state index contributed by atoms with van der Waals surface area (Å²) >= 11 is 0. The number of nitrogens with zero attached hydrogens (tertiary/aromatic N) is 6. The summed E-state index contributed by atoms with van der Waals surface area (Å²) in [5, 5.41) is 29.6. The number of carbonyl (C=O) groups excluding carboxylic acids is 3. The van der Waals surface area contributed by atoms with Crippen molar-refractivity contribution in [2.75, 3.05) is 19.6 Å². The first-order chi connectivity index (χ1) is 18.2. The molecular formula is C21H32N10O7. The number of hydrogen-bond acceptors (Lipinski definition) is 10. The van der Waals surface area contributed by atoms with Crippen LogP contribution in [-0.4, -0.2) is 72.3 Å². The summed E-state index contributed by atoms with van der Waals surface area (Å²) in [6.07, 6.45) is 7.16. The highest BCUT2D eigenvalue weighted by atomic mass is 16.6. The molecule has 38 heavy (non-hydrogen) atoms. The third kappa shape index (κ3) is 10.7. The zero-order valence-corrected chi connectivity index (χ0v) is 20.8. The molecule has 17 heteroatoms. The topological polar surface area (TPSA) is 235 Å². The molecule has 0 aliphatic carbocycles. The van der Waals surface area contributed by atoms with Crippen molar-refractivity contribution in [1.29, 1.82) is 0 Å². The lowest BCUT2D eigenvalue weighted by atomic mass is 10.1. The number of amides is 3. The zero-order chi connectivity index (χ0) is 27.9. The second-order valence-electron chi connectivity index (χ2n) is 8.35. The first-order valence-corrected chi connectivity index (χ1v) is 12.1. The molecule has 0 saturated carbocycles. The molecule has 2 heterocycles. The standard InChI is InChI=1S/C21H32N10O7/c22-7-3-9-24-21(34)16(27-20(33)6-11-29-13-18(26-15-29)31(37)38)4-1-2-8-23-19(32)5-10-28-12-17(25-14-28)30(35)36/h12-16H,1-11,22H2,(H,23,32)(H,24,34)(H,27,33)/t16-/m0/s1. The van der Waals surface area contributed by atoms with Gasteiger partial charge in [-0.05, 0) is 52.0 Å². The quantitative estimate of drug-likeness (QED) is 0.109. The Morgan fingerprint density at radius 1 is 0.868 bits per heavy atom. The van der Waals surface area contributed by atoms with Crippen molar-refractivity contribution in [1.82, 2.24) is 35.1 Å². The molecule has 2 aromatic rings. The summed E-state index contributed by atoms with van der Waals surface area (Å²) in [6, 6.07) is -0.787. The van der Waals surface area contributed by atoms with Crippen molar-refractivity contribution in [2.24, 2.45) is 5.73 Å². The normalized spacial score (nSPS) is 11.5. The van der Waals surface area contributed by atoms with E-state index in [2.05, 4.69) is 25.9 Å². The minimum absolute atomic E-state index is 0.00375. The summed E-state index contributed by atoms with van der Waals surface area (Å²) in [4.78, 5) is 64.4. The van der Waals surface area contributed by atoms with Crippen molar-refractivity contribution in [3.63, 3.8) is 0 Å². The van der Waals surface area contributed by atoms with E-state index in [1.807, 2.05) is 0 Å². The first kappa shape index (κ1) is 29.8. The van der Waals surface area contributed by atoms with Crippen LogP contribution in [0.2, 0.25) is 0 Å². The molecule has 0 unspecified atom stereocenters. The Hall–Kier alpha value is -4.41. The van der Waals surface area contributed by atoms with E-state index in [0.29, 0.717) is 45.3 Å². The second-order valence-corrected chi connectivity index (χ2v) is 8.35. The molecule has 2 aromatic heterocycles. The van der Waals surface area contributed by atoms with Crippen molar-refractivity contribution < 1.29 is 24.2 Å². The molecule has 0 aliphatic rings. The van der Waals surface area contributed by atoms with Gasteiger partial charge in [0.05, 0.1) is 0 Å². The Kier molecular flexibility index (Phi) is 12.3. The maximum atomic E-state index is 12.6. The highest BCUT2D eigenvalue weighted by molar-refractivity contribution is 5.87. The van der Waals surface area contributed by atoms with Gasteiger partial charge >= 0.3 is 11.6 Å². The Morgan fingerprint density at radius 3 is 1.95 bits per heavy atom. The first-order valence-electron chi connectivity index (χ1n) is 12.1. The molecule has 0 aliphatic heterocycles. The second kappa shape index (κ2) is 15.6. The van der Waals surface area contributed by atoms with Gasteiger partial charge in [0.2, 0.25) is 30.4 Å². The molecule has 5 N–H and O–H groups in total. The number of aromatic nitrogens is 4. The lowest BCUT2D eigenvalue weighted by Gasteiger charge is -2.18. The Bertz CT molecular complexity index is 1100. The van der Waals surface area contributed by atoms with E-state index >= 15 is 0 Å². The number of unbranched alkanes of at least 4 members (excludes halogenated alkanes) is 1. The van der Waals surface area contributed by atoms with Crippen molar-refractivity contribution in [3.8, 4) is 0 Å². The lowest BCUT2D eigenvalue weighted by Crippen LogP contribution is -2.47. The molecule has 3 amide bonds. The third-order valence-corrected chi connectivity index (χ3v) is 5.38. The Balaban J connectivity index is 1.73. The average molecular weight is 537 g/mol. The van der Waals surface area contributed by atoms with Crippen LogP contribution < -0.4 is 21.7 Å². The lowest BCUT2D eigenvalue weighted by molar-refractivity contribution is -0.389. The predicted octanol–water partition coefficient (Wildman–Crippen LogP) is -0.387. The summed E-state index contributed by atoms with van der Waals surface area (Å²) in [7, 11) is 0. The fourth-order valence-electron chi connectivity index (χ4n) is 3.35. The van der Waals surface area contributed by atoms with Crippen LogP contribution >= 0.6 is 0 Å². The van der Waals surface area contributed by atoms with Crippen LogP contribution in [0, 0.1) is 20.2 Å². The van der Waals surface area contributed by atoms with Gasteiger partial charge in [-0.15, -0.1) is 0 Å². The Labute approximate surface area is 217 Å². The maximum Gasteiger partial charge on any atom is 0.381 e. The molecule has 208 valence electrons. The largest absolute Gasteiger partial charge is 0.381 e. The van der Waals surface area contributed by atoms with Gasteiger partial charge in [0.25, 0.3) is 0 Å². The van der Waals surface area contributed by atoms with Crippen molar-refractivity contribution >= 4 is 29.4 Å². The number of nitro groups is 2. The highest BCUT2D eigenvalue weighted by Gasteiger charge is 2.20. The zero-order valence-electron chi connectivity index (χ0n) is 20.8. The van der Waals surface area contributed by atoms with Gasteiger partial charge in [0.15, 0.2) is 0 Å². The minimum atomic E-state index is -0.787. The van der Waals surface area contributed by atoms with E-state index in [-0.39, 0.29) is 49.4 Å². The fraction of sp³-hybridized carbons (Fsp3) is 0.571. The van der Waals surface area contributed by atoms with E-state index in [0.717, 1.165) is 0 Å². The summed E-state index contributed by atoms with van der Waals surface area (Å²) in [5.41, 5.74) is 5.46. The number of nitrogens with one attached hydrogen (secondary N) is 3. The van der Waals surface area contributed by atoms with Gasteiger partial charge in [-0.2, -0.15) is 0 Å². The van der Waals surface area contributed by atoms with Gasteiger partial charge in [-0.25, -0.2) is 0 Å². The van der Waals surface area contributed by atoms with Crippen LogP contribution in [0.15, 0.2) is 25.0 Å². The third-order valence-electron chi connectivity index (χ3n) is 5.38. The van der Waals surface area contributed by atoms with Gasteiger partial charge < -0.3 is 51.0 Å². The number of hydrogen-bond donors (Lipinski definition) is 4. The molecule has 0 bridgehead atoms. The van der Waals surface area contributed by atoms with E-state index in [1.165, 1.54) is 34.2 Å². The van der Waals surface area contributed by atoms with Gasteiger partial charge in [0.1, 0.15) is 18.4 Å². The van der Waals surface area contributed by atoms with Crippen LogP contribution in [0.25, 0.3) is 0 Å². The van der Waals surface area contributed by atoms with Gasteiger partial charge in [-0.3, -0.25) is 14.4 Å². The smallest absolute Gasteiger partial charge is 0.358 e. The summed E-state index contributed by atoms with van der Waals surface area (Å²) in [5.74, 6) is -1.58. The highest BCUT2D eigenvalue weighted by Crippen LogP contribution is 2.08. The molecule has 0 radical (unpaired) electrons. The van der Waals surface area contributed by atoms with E-state index in [9.17, 15) is 34.6 Å².